The lowest BCUT2D eigenvalue weighted by molar-refractivity contribution is 0.122. The second-order valence-corrected chi connectivity index (χ2v) is 8.90. The number of rotatable bonds is 8. The Labute approximate surface area is 206 Å². The minimum atomic E-state index is -0.272. The second-order valence-electron chi connectivity index (χ2n) is 7.64. The zero-order chi connectivity index (χ0) is 23.2. The molecule has 0 aliphatic carbocycles. The molecule has 33 heavy (non-hydrogen) atoms. The fraction of sp³-hybridized carbons (Fsp3) is 0.280. The van der Waals surface area contributed by atoms with Crippen LogP contribution in [-0.2, 0) is 17.9 Å². The molecule has 0 spiro atoms. The Morgan fingerprint density at radius 2 is 1.82 bits per heavy atom. The topological polar surface area (TPSA) is 43.0 Å². The quantitative estimate of drug-likeness (QED) is 0.368. The van der Waals surface area contributed by atoms with Crippen molar-refractivity contribution in [3.05, 3.63) is 81.0 Å². The maximum absolute atomic E-state index is 13.1. The van der Waals surface area contributed by atoms with Crippen LogP contribution in [0.25, 0.3) is 0 Å². The molecule has 4 rings (SSSR count). The Kier molecular flexibility index (Phi) is 7.96. The number of hydrogen-bond acceptors (Lipinski definition) is 5. The van der Waals surface area contributed by atoms with Crippen LogP contribution in [0, 0.1) is 5.82 Å². The third kappa shape index (κ3) is 6.10. The molecule has 1 aliphatic heterocycles. The molecule has 5 nitrogen and oxygen atoms in total. The predicted octanol–water partition coefficient (Wildman–Crippen LogP) is 6.28. The van der Waals surface area contributed by atoms with Gasteiger partial charge in [0, 0.05) is 25.3 Å². The van der Waals surface area contributed by atoms with Crippen molar-refractivity contribution in [1.82, 2.24) is 0 Å². The van der Waals surface area contributed by atoms with Crippen LogP contribution in [-0.4, -0.2) is 33.4 Å². The maximum atomic E-state index is 13.1. The van der Waals surface area contributed by atoms with Gasteiger partial charge in [0.05, 0.1) is 35.5 Å². The average molecular weight is 536 g/mol. The third-order valence-electron chi connectivity index (χ3n) is 5.38. The van der Waals surface area contributed by atoms with Gasteiger partial charge in [0.2, 0.25) is 0 Å². The fourth-order valence-corrected chi connectivity index (χ4v) is 4.54. The summed E-state index contributed by atoms with van der Waals surface area (Å²) in [6.07, 6.45) is 0. The van der Waals surface area contributed by atoms with Crippen molar-refractivity contribution >= 4 is 38.9 Å². The minimum Gasteiger partial charge on any atom is -0.493 e. The molecular weight excluding hydrogens is 511 g/mol. The number of methoxy groups -OCH3 is 1. The van der Waals surface area contributed by atoms with E-state index >= 15 is 0 Å². The highest BCUT2D eigenvalue weighted by Gasteiger charge is 2.15. The standard InChI is InChI=1S/C25H25BrClFN2O3/c1-31-24-13-18(12-21(26)25(24)33-16-17-2-4-19(28)5-3-17)15-29-20-6-7-23(22(27)14-20)30-8-10-32-11-9-30/h2-7,12-14,29H,8-11,15-16H2,1H3. The number of nitrogens with zero attached hydrogens (tertiary/aromatic N) is 1. The highest BCUT2D eigenvalue weighted by atomic mass is 79.9. The Morgan fingerprint density at radius 3 is 2.52 bits per heavy atom. The second kappa shape index (κ2) is 11.1. The van der Waals surface area contributed by atoms with Gasteiger partial charge in [-0.05, 0) is 69.5 Å². The first-order valence-corrected chi connectivity index (χ1v) is 11.8. The molecule has 0 aromatic heterocycles. The molecule has 0 radical (unpaired) electrons. The van der Waals surface area contributed by atoms with E-state index < -0.39 is 0 Å². The first kappa shape index (κ1) is 23.7. The lowest BCUT2D eigenvalue weighted by Gasteiger charge is -2.29. The van der Waals surface area contributed by atoms with E-state index in [9.17, 15) is 4.39 Å². The zero-order valence-electron chi connectivity index (χ0n) is 18.2. The Hall–Kier alpha value is -2.48. The molecule has 0 unspecified atom stereocenters. The Balaban J connectivity index is 1.41. The van der Waals surface area contributed by atoms with Gasteiger partial charge < -0.3 is 24.4 Å². The summed E-state index contributed by atoms with van der Waals surface area (Å²) >= 11 is 10.1. The van der Waals surface area contributed by atoms with Crippen LogP contribution in [0.2, 0.25) is 5.02 Å². The molecule has 1 N–H and O–H groups in total. The van der Waals surface area contributed by atoms with Gasteiger partial charge in [0.15, 0.2) is 11.5 Å². The summed E-state index contributed by atoms with van der Waals surface area (Å²) in [7, 11) is 1.61. The van der Waals surface area contributed by atoms with Gasteiger partial charge in [-0.15, -0.1) is 0 Å². The fourth-order valence-electron chi connectivity index (χ4n) is 3.63. The van der Waals surface area contributed by atoms with Crippen molar-refractivity contribution in [3.63, 3.8) is 0 Å². The van der Waals surface area contributed by atoms with Gasteiger partial charge in [-0.2, -0.15) is 0 Å². The Morgan fingerprint density at radius 1 is 1.06 bits per heavy atom. The van der Waals surface area contributed by atoms with Crippen molar-refractivity contribution in [3.8, 4) is 11.5 Å². The normalized spacial score (nSPS) is 13.6. The lowest BCUT2D eigenvalue weighted by Crippen LogP contribution is -2.36. The number of benzene rings is 3. The van der Waals surface area contributed by atoms with Crippen LogP contribution in [0.1, 0.15) is 11.1 Å². The van der Waals surface area contributed by atoms with E-state index in [1.807, 2.05) is 30.3 Å². The van der Waals surface area contributed by atoms with E-state index in [2.05, 4.69) is 26.1 Å². The van der Waals surface area contributed by atoms with E-state index in [4.69, 9.17) is 25.8 Å². The number of nitrogens with one attached hydrogen (secondary N) is 1. The van der Waals surface area contributed by atoms with Crippen molar-refractivity contribution in [2.75, 3.05) is 43.6 Å². The van der Waals surface area contributed by atoms with Crippen LogP contribution in [0.3, 0.4) is 0 Å². The summed E-state index contributed by atoms with van der Waals surface area (Å²) in [6.45, 7) is 4.01. The molecular formula is C25H25BrClFN2O3. The summed E-state index contributed by atoms with van der Waals surface area (Å²) in [5, 5.41) is 4.13. The SMILES string of the molecule is COc1cc(CNc2ccc(N3CCOCC3)c(Cl)c2)cc(Br)c1OCc1ccc(F)cc1. The number of ether oxygens (including phenoxy) is 3. The summed E-state index contributed by atoms with van der Waals surface area (Å²) < 4.78 is 30.8. The summed E-state index contributed by atoms with van der Waals surface area (Å²) in [5.41, 5.74) is 3.84. The molecule has 1 fully saturated rings. The first-order chi connectivity index (χ1) is 16.0. The first-order valence-electron chi connectivity index (χ1n) is 10.6. The molecule has 1 saturated heterocycles. The van der Waals surface area contributed by atoms with E-state index in [1.165, 1.54) is 12.1 Å². The van der Waals surface area contributed by atoms with Gasteiger partial charge in [0.1, 0.15) is 12.4 Å². The maximum Gasteiger partial charge on any atom is 0.175 e. The van der Waals surface area contributed by atoms with Gasteiger partial charge >= 0.3 is 0 Å². The van der Waals surface area contributed by atoms with Crippen LogP contribution in [0.15, 0.2) is 59.1 Å². The van der Waals surface area contributed by atoms with Crippen molar-refractivity contribution in [2.24, 2.45) is 0 Å². The summed E-state index contributed by atoms with van der Waals surface area (Å²) in [5.74, 6) is 0.943. The van der Waals surface area contributed by atoms with E-state index in [0.29, 0.717) is 29.7 Å². The summed E-state index contributed by atoms with van der Waals surface area (Å²) in [6, 6.07) is 16.2. The number of anilines is 2. The summed E-state index contributed by atoms with van der Waals surface area (Å²) in [4.78, 5) is 2.24. The van der Waals surface area contributed by atoms with Gasteiger partial charge in [-0.3, -0.25) is 0 Å². The monoisotopic (exact) mass is 534 g/mol. The molecule has 3 aromatic rings. The molecule has 1 heterocycles. The van der Waals surface area contributed by atoms with Crippen LogP contribution in [0.4, 0.5) is 15.8 Å². The van der Waals surface area contributed by atoms with Gasteiger partial charge in [0.25, 0.3) is 0 Å². The molecule has 3 aromatic carbocycles. The van der Waals surface area contributed by atoms with Crippen LogP contribution >= 0.6 is 27.5 Å². The van der Waals surface area contributed by atoms with Gasteiger partial charge in [-0.25, -0.2) is 4.39 Å². The smallest absolute Gasteiger partial charge is 0.175 e. The lowest BCUT2D eigenvalue weighted by atomic mass is 10.2. The molecule has 8 heteroatoms. The number of morpholine rings is 1. The van der Waals surface area contributed by atoms with Crippen molar-refractivity contribution < 1.29 is 18.6 Å². The van der Waals surface area contributed by atoms with Crippen molar-refractivity contribution in [2.45, 2.75) is 13.2 Å². The highest BCUT2D eigenvalue weighted by molar-refractivity contribution is 9.10. The molecule has 0 saturated carbocycles. The molecule has 0 amide bonds. The third-order valence-corrected chi connectivity index (χ3v) is 6.27. The van der Waals surface area contributed by atoms with E-state index in [0.717, 1.165) is 53.3 Å². The van der Waals surface area contributed by atoms with Crippen LogP contribution in [0.5, 0.6) is 11.5 Å². The molecule has 174 valence electrons. The van der Waals surface area contributed by atoms with Crippen LogP contribution < -0.4 is 19.7 Å². The van der Waals surface area contributed by atoms with Gasteiger partial charge in [-0.1, -0.05) is 23.7 Å². The zero-order valence-corrected chi connectivity index (χ0v) is 20.6. The predicted molar refractivity (Wildman–Crippen MR) is 133 cm³/mol. The minimum absolute atomic E-state index is 0.272. The van der Waals surface area contributed by atoms with E-state index in [1.54, 1.807) is 19.2 Å². The van der Waals surface area contributed by atoms with E-state index in [-0.39, 0.29) is 5.82 Å². The highest BCUT2D eigenvalue weighted by Crippen LogP contribution is 2.37. The number of halogens is 3. The largest absolute Gasteiger partial charge is 0.493 e. The Bertz CT molecular complexity index is 1090. The van der Waals surface area contributed by atoms with Crippen molar-refractivity contribution in [1.29, 1.82) is 0 Å². The number of hydrogen-bond donors (Lipinski definition) is 1. The molecule has 1 aliphatic rings. The molecule has 0 atom stereocenters. The molecule has 0 bridgehead atoms. The average Bonchev–Trinajstić information content (AvgIpc) is 2.83.